The summed E-state index contributed by atoms with van der Waals surface area (Å²) in [5.41, 5.74) is 2.19. The number of fused-ring (bicyclic) bond motifs is 2. The van der Waals surface area contributed by atoms with Gasteiger partial charge in [0.05, 0.1) is 0 Å². The molecule has 0 spiro atoms. The molecule has 4 rings (SSSR count). The van der Waals surface area contributed by atoms with E-state index in [0.717, 1.165) is 17.8 Å². The first-order valence-corrected chi connectivity index (χ1v) is 6.24. The van der Waals surface area contributed by atoms with E-state index in [-0.39, 0.29) is 0 Å². The smallest absolute Gasteiger partial charge is 0.0128 e. The molecule has 1 aromatic rings. The van der Waals surface area contributed by atoms with Gasteiger partial charge in [0, 0.05) is 0 Å². The Morgan fingerprint density at radius 3 is 2.40 bits per heavy atom. The summed E-state index contributed by atoms with van der Waals surface area (Å²) in [5.74, 6) is 2.80. The monoisotopic (exact) mass is 200 g/mol. The number of benzene rings is 1. The molecule has 0 aromatic heterocycles. The molecule has 0 radical (unpaired) electrons. The van der Waals surface area contributed by atoms with E-state index in [9.17, 15) is 0 Å². The fourth-order valence-corrected chi connectivity index (χ4v) is 3.91. The molecule has 3 saturated carbocycles. The first-order valence-electron chi connectivity index (χ1n) is 6.24. The Bertz CT molecular complexity index is 348. The van der Waals surface area contributed by atoms with Crippen LogP contribution in [0.4, 0.5) is 0 Å². The van der Waals surface area contributed by atoms with E-state index < -0.39 is 0 Å². The van der Waals surface area contributed by atoms with Gasteiger partial charge in [0.2, 0.25) is 0 Å². The molecule has 1 aromatic carbocycles. The molecule has 0 heterocycles. The molecule has 0 saturated heterocycles. The lowest BCUT2D eigenvalue weighted by atomic mass is 9.45. The average molecular weight is 200 g/mol. The van der Waals surface area contributed by atoms with Gasteiger partial charge in [-0.05, 0) is 48.0 Å². The fourth-order valence-electron chi connectivity index (χ4n) is 3.91. The fraction of sp³-hybridized carbons (Fsp3) is 0.600. The average Bonchev–Trinajstić information content (AvgIpc) is 2.30. The van der Waals surface area contributed by atoms with Gasteiger partial charge in [-0.15, -0.1) is 0 Å². The summed E-state index contributed by atoms with van der Waals surface area (Å²) < 4.78 is 0. The minimum Gasteiger partial charge on any atom is -0.0622 e. The minimum absolute atomic E-state index is 0.610. The molecule has 0 aliphatic heterocycles. The third kappa shape index (κ3) is 1.27. The van der Waals surface area contributed by atoms with Crippen LogP contribution in [0.1, 0.15) is 44.6 Å². The molecule has 3 fully saturated rings. The van der Waals surface area contributed by atoms with Crippen molar-refractivity contribution in [2.75, 3.05) is 0 Å². The Balaban J connectivity index is 1.89. The normalized spacial score (nSPS) is 37.1. The summed E-state index contributed by atoms with van der Waals surface area (Å²) in [6.45, 7) is 4.95. The molecular weight excluding hydrogens is 180 g/mol. The standard InChI is InChI=1S/C15H20/c1-15(2)12-8-9-13(14(15)10-12)11-6-4-3-5-7-11/h3-7,12-14H,8-10H2,1-2H3/t12-,13-,14-/m1/s1. The molecule has 15 heavy (non-hydrogen) atoms. The van der Waals surface area contributed by atoms with Gasteiger partial charge in [-0.2, -0.15) is 0 Å². The molecule has 0 N–H and O–H groups in total. The summed E-state index contributed by atoms with van der Waals surface area (Å²) in [6.07, 6.45) is 4.35. The highest BCUT2D eigenvalue weighted by Gasteiger charge is 2.54. The maximum absolute atomic E-state index is 2.47. The molecular formula is C15H20. The Labute approximate surface area is 92.7 Å². The quantitative estimate of drug-likeness (QED) is 0.636. The maximum atomic E-state index is 2.47. The number of hydrogen-bond donors (Lipinski definition) is 0. The predicted octanol–water partition coefficient (Wildman–Crippen LogP) is 4.23. The summed E-state index contributed by atoms with van der Waals surface area (Å²) in [4.78, 5) is 0. The highest BCUT2D eigenvalue weighted by atomic mass is 14.6. The zero-order valence-corrected chi connectivity index (χ0v) is 9.74. The van der Waals surface area contributed by atoms with Crippen molar-refractivity contribution >= 4 is 0 Å². The van der Waals surface area contributed by atoms with E-state index in [4.69, 9.17) is 0 Å². The van der Waals surface area contributed by atoms with Crippen LogP contribution in [0, 0.1) is 17.3 Å². The van der Waals surface area contributed by atoms with Crippen LogP contribution in [0.2, 0.25) is 0 Å². The van der Waals surface area contributed by atoms with Gasteiger partial charge in [0.25, 0.3) is 0 Å². The lowest BCUT2D eigenvalue weighted by Crippen LogP contribution is -2.51. The SMILES string of the molecule is CC1(C)[C@@H]2CC[C@H](c3ccccc3)[C@H]1C2. The largest absolute Gasteiger partial charge is 0.0622 e. The van der Waals surface area contributed by atoms with Crippen LogP contribution in [-0.2, 0) is 0 Å². The molecule has 3 aliphatic carbocycles. The highest BCUT2D eigenvalue weighted by Crippen LogP contribution is 2.63. The first-order chi connectivity index (χ1) is 7.19. The number of hydrogen-bond acceptors (Lipinski definition) is 0. The predicted molar refractivity (Wildman–Crippen MR) is 63.8 cm³/mol. The van der Waals surface area contributed by atoms with Crippen LogP contribution in [0.15, 0.2) is 30.3 Å². The molecule has 0 amide bonds. The molecule has 0 nitrogen and oxygen atoms in total. The molecule has 0 unspecified atom stereocenters. The summed E-state index contributed by atoms with van der Waals surface area (Å²) >= 11 is 0. The molecule has 0 heteroatoms. The van der Waals surface area contributed by atoms with Crippen molar-refractivity contribution in [1.29, 1.82) is 0 Å². The van der Waals surface area contributed by atoms with Gasteiger partial charge in [0.15, 0.2) is 0 Å². The van der Waals surface area contributed by atoms with Gasteiger partial charge in [-0.25, -0.2) is 0 Å². The lowest BCUT2D eigenvalue weighted by molar-refractivity contribution is -0.0805. The number of rotatable bonds is 1. The topological polar surface area (TPSA) is 0 Å². The summed E-state index contributed by atoms with van der Waals surface area (Å²) in [7, 11) is 0. The van der Waals surface area contributed by atoms with Gasteiger partial charge >= 0.3 is 0 Å². The minimum atomic E-state index is 0.610. The Morgan fingerprint density at radius 1 is 1.07 bits per heavy atom. The van der Waals surface area contributed by atoms with Crippen molar-refractivity contribution < 1.29 is 0 Å². The second-order valence-corrected chi connectivity index (χ2v) is 5.96. The third-order valence-electron chi connectivity index (χ3n) is 5.09. The van der Waals surface area contributed by atoms with Crippen LogP contribution in [0.3, 0.4) is 0 Å². The van der Waals surface area contributed by atoms with Crippen molar-refractivity contribution in [1.82, 2.24) is 0 Å². The first kappa shape index (κ1) is 9.45. The Hall–Kier alpha value is -0.780. The second-order valence-electron chi connectivity index (χ2n) is 5.96. The van der Waals surface area contributed by atoms with Crippen LogP contribution >= 0.6 is 0 Å². The van der Waals surface area contributed by atoms with Crippen LogP contribution in [-0.4, -0.2) is 0 Å². The van der Waals surface area contributed by atoms with Crippen molar-refractivity contribution in [2.45, 2.75) is 39.0 Å². The molecule has 2 bridgehead atoms. The Morgan fingerprint density at radius 2 is 1.80 bits per heavy atom. The van der Waals surface area contributed by atoms with Crippen LogP contribution in [0.5, 0.6) is 0 Å². The van der Waals surface area contributed by atoms with E-state index in [1.807, 2.05) is 0 Å². The maximum Gasteiger partial charge on any atom is -0.0128 e. The van der Waals surface area contributed by atoms with Crippen molar-refractivity contribution in [2.24, 2.45) is 17.3 Å². The molecule has 3 atom stereocenters. The zero-order valence-electron chi connectivity index (χ0n) is 9.74. The van der Waals surface area contributed by atoms with E-state index in [1.54, 1.807) is 5.56 Å². The zero-order chi connectivity index (χ0) is 10.5. The van der Waals surface area contributed by atoms with Gasteiger partial charge in [-0.3, -0.25) is 0 Å². The summed E-state index contributed by atoms with van der Waals surface area (Å²) in [5, 5.41) is 0. The van der Waals surface area contributed by atoms with E-state index in [0.29, 0.717) is 5.41 Å². The van der Waals surface area contributed by atoms with Gasteiger partial charge in [-0.1, -0.05) is 44.2 Å². The van der Waals surface area contributed by atoms with E-state index >= 15 is 0 Å². The van der Waals surface area contributed by atoms with Gasteiger partial charge in [0.1, 0.15) is 0 Å². The van der Waals surface area contributed by atoms with Crippen molar-refractivity contribution in [3.63, 3.8) is 0 Å². The third-order valence-corrected chi connectivity index (χ3v) is 5.09. The summed E-state index contributed by atoms with van der Waals surface area (Å²) in [6, 6.07) is 11.1. The van der Waals surface area contributed by atoms with Crippen molar-refractivity contribution in [3.05, 3.63) is 35.9 Å². The molecule has 3 aliphatic rings. The van der Waals surface area contributed by atoms with E-state index in [2.05, 4.69) is 44.2 Å². The van der Waals surface area contributed by atoms with E-state index in [1.165, 1.54) is 19.3 Å². The lowest BCUT2D eigenvalue weighted by Gasteiger charge is -2.60. The van der Waals surface area contributed by atoms with Gasteiger partial charge < -0.3 is 0 Å². The molecule has 80 valence electrons. The Kier molecular flexibility index (Phi) is 1.95. The van der Waals surface area contributed by atoms with Crippen LogP contribution < -0.4 is 0 Å². The van der Waals surface area contributed by atoms with Crippen molar-refractivity contribution in [3.8, 4) is 0 Å². The highest BCUT2D eigenvalue weighted by molar-refractivity contribution is 5.24. The second kappa shape index (κ2) is 3.10. The van der Waals surface area contributed by atoms with Crippen LogP contribution in [0.25, 0.3) is 0 Å².